The Hall–Kier alpha value is -4.04. The molecule has 6 nitrogen and oxygen atoms in total. The van der Waals surface area contributed by atoms with Gasteiger partial charge in [-0.05, 0) is 65.9 Å². The van der Waals surface area contributed by atoms with Crippen LogP contribution >= 0.6 is 11.6 Å². The third kappa shape index (κ3) is 6.82. The van der Waals surface area contributed by atoms with Gasteiger partial charge < -0.3 is 15.0 Å². The highest BCUT2D eigenvalue weighted by Gasteiger charge is 2.25. The predicted molar refractivity (Wildman–Crippen MR) is 155 cm³/mol. The quantitative estimate of drug-likeness (QED) is 0.213. The Kier molecular flexibility index (Phi) is 9.55. The highest BCUT2D eigenvalue weighted by molar-refractivity contribution is 6.31. The van der Waals surface area contributed by atoms with Crippen molar-refractivity contribution in [3.05, 3.63) is 94.0 Å². The van der Waals surface area contributed by atoms with Gasteiger partial charge in [-0.2, -0.15) is 0 Å². The lowest BCUT2D eigenvalue weighted by Gasteiger charge is -2.27. The third-order valence-corrected chi connectivity index (χ3v) is 7.40. The molecule has 9 heteroatoms. The minimum absolute atomic E-state index is 0.121. The summed E-state index contributed by atoms with van der Waals surface area (Å²) < 4.78 is 33.8. The Balaban J connectivity index is 1.61. The molecule has 4 rings (SSSR count). The Morgan fingerprint density at radius 2 is 1.90 bits per heavy atom. The van der Waals surface area contributed by atoms with Gasteiger partial charge >= 0.3 is 5.97 Å². The minimum atomic E-state index is -0.881. The van der Waals surface area contributed by atoms with E-state index in [-0.39, 0.29) is 53.4 Å². The molecule has 1 atom stereocenters. The number of carbonyl (C=O) groups is 3. The van der Waals surface area contributed by atoms with Gasteiger partial charge in [-0.3, -0.25) is 9.59 Å². The minimum Gasteiger partial charge on any atom is -0.465 e. The predicted octanol–water partition coefficient (Wildman–Crippen LogP) is 7.26. The average Bonchev–Trinajstić information content (AvgIpc) is 2.96. The number of nitrogens with one attached hydrogen (secondary N) is 1. The Morgan fingerprint density at radius 3 is 2.61 bits per heavy atom. The van der Waals surface area contributed by atoms with Gasteiger partial charge in [-0.15, -0.1) is 0 Å². The summed E-state index contributed by atoms with van der Waals surface area (Å²) in [6, 6.07) is 14.6. The van der Waals surface area contributed by atoms with E-state index in [9.17, 15) is 23.2 Å². The van der Waals surface area contributed by atoms with Crippen LogP contribution in [0.1, 0.15) is 54.6 Å². The van der Waals surface area contributed by atoms with Crippen LogP contribution in [0.3, 0.4) is 0 Å². The number of esters is 1. The number of ether oxygens (including phenoxy) is 1. The number of carbonyl (C=O) groups excluding carboxylic acids is 3. The van der Waals surface area contributed by atoms with Crippen LogP contribution in [0.25, 0.3) is 16.7 Å². The second kappa shape index (κ2) is 13.1. The Morgan fingerprint density at radius 1 is 1.12 bits per heavy atom. The molecule has 0 bridgehead atoms. The highest BCUT2D eigenvalue weighted by atomic mass is 35.5. The second-order valence-electron chi connectivity index (χ2n) is 10.0. The largest absolute Gasteiger partial charge is 0.465 e. The fourth-order valence-corrected chi connectivity index (χ4v) is 5.03. The summed E-state index contributed by atoms with van der Waals surface area (Å²) in [4.78, 5) is 39.6. The summed E-state index contributed by atoms with van der Waals surface area (Å²) in [5.74, 6) is -2.84. The summed E-state index contributed by atoms with van der Waals surface area (Å²) in [5.41, 5.74) is 3.02. The number of amides is 2. The van der Waals surface area contributed by atoms with Gasteiger partial charge in [0.25, 0.3) is 0 Å². The number of halogens is 3. The first-order valence-corrected chi connectivity index (χ1v) is 13.8. The lowest BCUT2D eigenvalue weighted by Crippen LogP contribution is -2.33. The number of rotatable bonds is 9. The summed E-state index contributed by atoms with van der Waals surface area (Å²) >= 11 is 5.83. The number of methoxy groups -OCH3 is 1. The van der Waals surface area contributed by atoms with Crippen LogP contribution in [0, 0.1) is 17.6 Å². The lowest BCUT2D eigenvalue weighted by molar-refractivity contribution is -0.127. The summed E-state index contributed by atoms with van der Waals surface area (Å²) in [7, 11) is 1.30. The molecule has 1 aliphatic heterocycles. The van der Waals surface area contributed by atoms with Crippen molar-refractivity contribution in [3.63, 3.8) is 0 Å². The van der Waals surface area contributed by atoms with E-state index < -0.39 is 17.6 Å². The molecule has 1 aliphatic rings. The number of hydrogen-bond donors (Lipinski definition) is 1. The summed E-state index contributed by atoms with van der Waals surface area (Å²) in [6.45, 7) is 4.40. The molecule has 0 spiro atoms. The lowest BCUT2D eigenvalue weighted by atomic mass is 9.96. The zero-order valence-corrected chi connectivity index (χ0v) is 23.9. The van der Waals surface area contributed by atoms with Crippen LogP contribution in [-0.2, 0) is 20.9 Å². The maximum atomic E-state index is 14.5. The monoisotopic (exact) mass is 580 g/mol. The van der Waals surface area contributed by atoms with Crippen LogP contribution in [-0.4, -0.2) is 36.3 Å². The SMILES string of the molecule is CCCC(C)C(=O)Nc1ccc(C(=O)OC)cc1-c1cccc(CN2CCC(c3c(F)ccc(Cl)c3F)=CC2=O)c1. The van der Waals surface area contributed by atoms with E-state index in [0.717, 1.165) is 36.1 Å². The molecule has 1 heterocycles. The fraction of sp³-hybridized carbons (Fsp3) is 0.281. The highest BCUT2D eigenvalue weighted by Crippen LogP contribution is 2.33. The van der Waals surface area contributed by atoms with Gasteiger partial charge in [0.1, 0.15) is 5.82 Å². The Labute approximate surface area is 243 Å². The zero-order chi connectivity index (χ0) is 29.7. The van der Waals surface area contributed by atoms with Gasteiger partial charge in [-0.1, -0.05) is 50.1 Å². The molecule has 0 saturated carbocycles. The van der Waals surface area contributed by atoms with Crippen molar-refractivity contribution in [2.75, 3.05) is 19.0 Å². The van der Waals surface area contributed by atoms with E-state index in [1.807, 2.05) is 38.1 Å². The molecule has 0 aromatic heterocycles. The fourth-order valence-electron chi connectivity index (χ4n) is 4.87. The number of hydrogen-bond acceptors (Lipinski definition) is 4. The molecule has 0 saturated heterocycles. The summed E-state index contributed by atoms with van der Waals surface area (Å²) in [5, 5.41) is 2.78. The van der Waals surface area contributed by atoms with Crippen molar-refractivity contribution >= 4 is 40.6 Å². The van der Waals surface area contributed by atoms with E-state index in [1.54, 1.807) is 23.1 Å². The van der Waals surface area contributed by atoms with Crippen molar-refractivity contribution in [3.8, 4) is 11.1 Å². The van der Waals surface area contributed by atoms with Crippen molar-refractivity contribution in [2.24, 2.45) is 5.92 Å². The van der Waals surface area contributed by atoms with Gasteiger partial charge in [0.05, 0.1) is 23.3 Å². The Bertz CT molecular complexity index is 1520. The van der Waals surface area contributed by atoms with Crippen LogP contribution in [0.15, 0.2) is 60.7 Å². The van der Waals surface area contributed by atoms with E-state index in [1.165, 1.54) is 13.2 Å². The van der Waals surface area contributed by atoms with Crippen LogP contribution in [0.4, 0.5) is 14.5 Å². The molecule has 0 fully saturated rings. The molecular formula is C32H31ClF2N2O4. The molecule has 2 amide bonds. The zero-order valence-electron chi connectivity index (χ0n) is 23.1. The van der Waals surface area contributed by atoms with Gasteiger partial charge in [-0.25, -0.2) is 13.6 Å². The molecule has 0 aliphatic carbocycles. The molecule has 3 aromatic carbocycles. The third-order valence-electron chi connectivity index (χ3n) is 7.10. The van der Waals surface area contributed by atoms with Gasteiger partial charge in [0, 0.05) is 36.3 Å². The van der Waals surface area contributed by atoms with Crippen molar-refractivity contribution in [1.82, 2.24) is 4.90 Å². The first kappa shape index (κ1) is 29.9. The maximum absolute atomic E-state index is 14.5. The topological polar surface area (TPSA) is 75.7 Å². The molecule has 0 radical (unpaired) electrons. The van der Waals surface area contributed by atoms with Gasteiger partial charge in [0.15, 0.2) is 5.82 Å². The number of anilines is 1. The molecule has 41 heavy (non-hydrogen) atoms. The van der Waals surface area contributed by atoms with Crippen molar-refractivity contribution < 1.29 is 27.9 Å². The molecule has 214 valence electrons. The number of nitrogens with zero attached hydrogens (tertiary/aromatic N) is 1. The van der Waals surface area contributed by atoms with Crippen molar-refractivity contribution in [1.29, 1.82) is 0 Å². The van der Waals surface area contributed by atoms with Gasteiger partial charge in [0.2, 0.25) is 11.8 Å². The van der Waals surface area contributed by atoms with E-state index >= 15 is 0 Å². The molecule has 1 N–H and O–H groups in total. The van der Waals surface area contributed by atoms with Crippen LogP contribution in [0.2, 0.25) is 5.02 Å². The van der Waals surface area contributed by atoms with E-state index in [4.69, 9.17) is 16.3 Å². The molecule has 1 unspecified atom stereocenters. The van der Waals surface area contributed by atoms with Crippen LogP contribution < -0.4 is 5.32 Å². The summed E-state index contributed by atoms with van der Waals surface area (Å²) in [6.07, 6.45) is 3.12. The normalized spacial score (nSPS) is 14.0. The number of benzene rings is 3. The first-order valence-electron chi connectivity index (χ1n) is 13.4. The standard InChI is InChI=1S/C32H31ClF2N2O4/c1-4-6-19(2)31(39)36-27-12-9-23(32(40)41-3)16-24(27)21-8-5-7-20(15-21)18-37-14-13-22(17-28(37)38)29-26(34)11-10-25(33)30(29)35/h5,7-12,15-17,19H,4,6,13-14,18H2,1-3H3,(H,36,39). The first-order chi connectivity index (χ1) is 19.6. The van der Waals surface area contributed by atoms with Crippen molar-refractivity contribution in [2.45, 2.75) is 39.7 Å². The second-order valence-corrected chi connectivity index (χ2v) is 10.4. The van der Waals surface area contributed by atoms with Crippen LogP contribution in [0.5, 0.6) is 0 Å². The smallest absolute Gasteiger partial charge is 0.337 e. The maximum Gasteiger partial charge on any atom is 0.337 e. The van der Waals surface area contributed by atoms with E-state index in [2.05, 4.69) is 5.32 Å². The molecular weight excluding hydrogens is 550 g/mol. The molecule has 3 aromatic rings. The van der Waals surface area contributed by atoms with E-state index in [0.29, 0.717) is 16.8 Å². The average molecular weight is 581 g/mol.